The van der Waals surface area contributed by atoms with Crippen molar-refractivity contribution in [1.29, 1.82) is 0 Å². The number of benzene rings is 2. The maximum atomic E-state index is 14.0. The highest BCUT2D eigenvalue weighted by Gasteiger charge is 2.47. The third kappa shape index (κ3) is 3.84. The number of hydrogen-bond donors (Lipinski definition) is 1. The fourth-order valence-corrected chi connectivity index (χ4v) is 4.01. The van der Waals surface area contributed by atoms with Crippen molar-refractivity contribution >= 4 is 34.7 Å². The standard InChI is InChI=1S/C24H17ClF2N2O5/c1-33-18-10-15(25)19(34-2)9-14(18)22(30)20-21(12-4-3-7-28-11-12)29(24(32)23(20)31)13-5-6-16(26)17(27)8-13/h3-11,21,30H,1-2H3/b22-20+. The minimum Gasteiger partial charge on any atom is -0.507 e. The van der Waals surface area contributed by atoms with E-state index < -0.39 is 35.1 Å². The molecule has 1 N–H and O–H groups in total. The first-order chi connectivity index (χ1) is 16.3. The largest absolute Gasteiger partial charge is 0.507 e. The molecule has 0 saturated carbocycles. The Kier molecular flexibility index (Phi) is 6.21. The summed E-state index contributed by atoms with van der Waals surface area (Å²) >= 11 is 6.15. The van der Waals surface area contributed by atoms with Crippen molar-refractivity contribution in [2.45, 2.75) is 6.04 Å². The first-order valence-corrected chi connectivity index (χ1v) is 10.2. The van der Waals surface area contributed by atoms with Gasteiger partial charge in [-0.3, -0.25) is 19.5 Å². The van der Waals surface area contributed by atoms with Crippen LogP contribution in [0.2, 0.25) is 5.02 Å². The Bertz CT molecular complexity index is 1330. The Balaban J connectivity index is 1.99. The summed E-state index contributed by atoms with van der Waals surface area (Å²) in [6.45, 7) is 0. The molecule has 1 amide bonds. The summed E-state index contributed by atoms with van der Waals surface area (Å²) < 4.78 is 38.1. The maximum Gasteiger partial charge on any atom is 0.300 e. The van der Waals surface area contributed by atoms with Gasteiger partial charge in [0.1, 0.15) is 17.3 Å². The molecule has 1 aliphatic rings. The summed E-state index contributed by atoms with van der Waals surface area (Å²) in [4.78, 5) is 31.3. The van der Waals surface area contributed by atoms with Gasteiger partial charge >= 0.3 is 0 Å². The van der Waals surface area contributed by atoms with Gasteiger partial charge in [0.05, 0.1) is 36.4 Å². The second kappa shape index (κ2) is 9.11. The van der Waals surface area contributed by atoms with Crippen LogP contribution in [0.5, 0.6) is 11.5 Å². The molecular formula is C24H17ClF2N2O5. The van der Waals surface area contributed by atoms with Crippen LogP contribution in [-0.4, -0.2) is 36.0 Å². The molecule has 1 saturated heterocycles. The van der Waals surface area contributed by atoms with Gasteiger partial charge in [-0.15, -0.1) is 0 Å². The zero-order chi connectivity index (χ0) is 24.6. The highest BCUT2D eigenvalue weighted by Crippen LogP contribution is 2.44. The van der Waals surface area contributed by atoms with Crippen molar-refractivity contribution in [3.8, 4) is 11.5 Å². The van der Waals surface area contributed by atoms with E-state index >= 15 is 0 Å². The molecule has 10 heteroatoms. The van der Waals surface area contributed by atoms with Crippen molar-refractivity contribution in [3.63, 3.8) is 0 Å². The van der Waals surface area contributed by atoms with Crippen LogP contribution in [0.4, 0.5) is 14.5 Å². The molecule has 3 aromatic rings. The predicted molar refractivity (Wildman–Crippen MR) is 120 cm³/mol. The lowest BCUT2D eigenvalue weighted by molar-refractivity contribution is -0.132. The topological polar surface area (TPSA) is 89.0 Å². The van der Waals surface area contributed by atoms with Crippen LogP contribution >= 0.6 is 11.6 Å². The number of nitrogens with zero attached hydrogens (tertiary/aromatic N) is 2. The molecule has 2 aromatic carbocycles. The van der Waals surface area contributed by atoms with Gasteiger partial charge in [0.25, 0.3) is 11.7 Å². The number of pyridine rings is 1. The summed E-state index contributed by atoms with van der Waals surface area (Å²) in [5.74, 6) is -4.65. The van der Waals surface area contributed by atoms with Gasteiger partial charge in [-0.2, -0.15) is 0 Å². The molecule has 1 unspecified atom stereocenters. The van der Waals surface area contributed by atoms with Crippen molar-refractivity contribution < 1.29 is 33.0 Å². The number of aliphatic hydroxyl groups is 1. The smallest absolute Gasteiger partial charge is 0.300 e. The van der Waals surface area contributed by atoms with E-state index in [2.05, 4.69) is 4.98 Å². The Morgan fingerprint density at radius 2 is 1.79 bits per heavy atom. The van der Waals surface area contributed by atoms with Gasteiger partial charge in [-0.1, -0.05) is 17.7 Å². The zero-order valence-corrected chi connectivity index (χ0v) is 18.6. The fourth-order valence-electron chi connectivity index (χ4n) is 3.78. The summed E-state index contributed by atoms with van der Waals surface area (Å²) in [5.41, 5.74) is 0.0220. The Morgan fingerprint density at radius 1 is 1.06 bits per heavy atom. The number of amides is 1. The molecule has 4 rings (SSSR count). The number of aromatic nitrogens is 1. The van der Waals surface area contributed by atoms with Crippen LogP contribution in [0.3, 0.4) is 0 Å². The Labute approximate surface area is 197 Å². The molecule has 1 aliphatic heterocycles. The SMILES string of the molecule is COc1cc(/C(O)=C2\C(=O)C(=O)N(c3ccc(F)c(F)c3)C2c2cccnc2)c(OC)cc1Cl. The first-order valence-electron chi connectivity index (χ1n) is 9.86. The number of methoxy groups -OCH3 is 2. The fraction of sp³-hybridized carbons (Fsp3) is 0.125. The van der Waals surface area contributed by atoms with Crippen LogP contribution in [0.25, 0.3) is 5.76 Å². The van der Waals surface area contributed by atoms with Gasteiger partial charge in [0.2, 0.25) is 0 Å². The van der Waals surface area contributed by atoms with E-state index in [0.717, 1.165) is 17.0 Å². The quantitative estimate of drug-likeness (QED) is 0.320. The molecule has 0 spiro atoms. The summed E-state index contributed by atoms with van der Waals surface area (Å²) in [5, 5.41) is 11.5. The lowest BCUT2D eigenvalue weighted by atomic mass is 9.95. The van der Waals surface area contributed by atoms with Crippen LogP contribution < -0.4 is 14.4 Å². The van der Waals surface area contributed by atoms with Crippen LogP contribution in [0.1, 0.15) is 17.2 Å². The summed E-state index contributed by atoms with van der Waals surface area (Å²) in [7, 11) is 2.71. The Hall–Kier alpha value is -3.98. The number of carbonyl (C=O) groups is 2. The molecule has 1 aromatic heterocycles. The number of hydrogen-bond acceptors (Lipinski definition) is 6. The molecule has 1 atom stereocenters. The van der Waals surface area contributed by atoms with Crippen LogP contribution in [0.15, 0.2) is 60.4 Å². The third-order valence-corrected chi connectivity index (χ3v) is 5.65. The lowest BCUT2D eigenvalue weighted by Gasteiger charge is -2.25. The van der Waals surface area contributed by atoms with Crippen molar-refractivity contribution in [2.24, 2.45) is 0 Å². The predicted octanol–water partition coefficient (Wildman–Crippen LogP) is 4.66. The van der Waals surface area contributed by atoms with E-state index in [-0.39, 0.29) is 33.3 Å². The van der Waals surface area contributed by atoms with Crippen molar-refractivity contribution in [2.75, 3.05) is 19.1 Å². The minimum atomic E-state index is -1.20. The van der Waals surface area contributed by atoms with Gasteiger partial charge in [0, 0.05) is 30.2 Å². The highest BCUT2D eigenvalue weighted by atomic mass is 35.5. The first kappa shape index (κ1) is 23.2. The number of rotatable bonds is 5. The third-order valence-electron chi connectivity index (χ3n) is 5.35. The number of anilines is 1. The molecule has 0 radical (unpaired) electrons. The zero-order valence-electron chi connectivity index (χ0n) is 17.9. The van der Waals surface area contributed by atoms with E-state index in [0.29, 0.717) is 5.56 Å². The van der Waals surface area contributed by atoms with Gasteiger partial charge in [-0.25, -0.2) is 8.78 Å². The van der Waals surface area contributed by atoms with E-state index in [1.54, 1.807) is 12.1 Å². The molecule has 174 valence electrons. The van der Waals surface area contributed by atoms with Crippen molar-refractivity contribution in [1.82, 2.24) is 4.98 Å². The average molecular weight is 487 g/mol. The molecule has 0 aliphatic carbocycles. The van der Waals surface area contributed by atoms with Gasteiger partial charge in [-0.05, 0) is 29.8 Å². The average Bonchev–Trinajstić information content (AvgIpc) is 3.11. The molecule has 0 bridgehead atoms. The molecule has 7 nitrogen and oxygen atoms in total. The van der Waals surface area contributed by atoms with Gasteiger partial charge in [0.15, 0.2) is 11.6 Å². The van der Waals surface area contributed by atoms with Gasteiger partial charge < -0.3 is 14.6 Å². The van der Waals surface area contributed by atoms with E-state index in [1.165, 1.54) is 44.8 Å². The number of carbonyl (C=O) groups excluding carboxylic acids is 2. The number of ketones is 1. The second-order valence-electron chi connectivity index (χ2n) is 7.24. The summed E-state index contributed by atoms with van der Waals surface area (Å²) in [6.07, 6.45) is 2.89. The van der Waals surface area contributed by atoms with E-state index in [4.69, 9.17) is 21.1 Å². The van der Waals surface area contributed by atoms with E-state index in [9.17, 15) is 23.5 Å². The molecular weight excluding hydrogens is 470 g/mol. The van der Waals surface area contributed by atoms with Crippen LogP contribution in [0, 0.1) is 11.6 Å². The number of halogens is 3. The van der Waals surface area contributed by atoms with Crippen molar-refractivity contribution in [3.05, 3.63) is 88.2 Å². The molecule has 1 fully saturated rings. The second-order valence-corrected chi connectivity index (χ2v) is 7.65. The van der Waals surface area contributed by atoms with E-state index in [1.807, 2.05) is 0 Å². The monoisotopic (exact) mass is 486 g/mol. The normalized spacial score (nSPS) is 17.2. The lowest BCUT2D eigenvalue weighted by Crippen LogP contribution is -2.29. The van der Waals surface area contributed by atoms with Crippen LogP contribution in [-0.2, 0) is 9.59 Å². The number of ether oxygens (including phenoxy) is 2. The molecule has 2 heterocycles. The number of Topliss-reactive ketones (excluding diaryl/α,β-unsaturated/α-hetero) is 1. The number of aliphatic hydroxyl groups excluding tert-OH is 1. The Morgan fingerprint density at radius 3 is 2.41 bits per heavy atom. The maximum absolute atomic E-state index is 14.0. The molecule has 34 heavy (non-hydrogen) atoms. The highest BCUT2D eigenvalue weighted by molar-refractivity contribution is 6.51. The summed E-state index contributed by atoms with van der Waals surface area (Å²) in [6, 6.07) is 7.54. The minimum absolute atomic E-state index is 0.0425.